The summed E-state index contributed by atoms with van der Waals surface area (Å²) in [5.41, 5.74) is 2.59. The molecule has 5 rings (SSSR count). The summed E-state index contributed by atoms with van der Waals surface area (Å²) >= 11 is 0. The molecule has 0 saturated heterocycles. The van der Waals surface area contributed by atoms with Crippen LogP contribution >= 0.6 is 0 Å². The minimum atomic E-state index is -0.852. The first kappa shape index (κ1) is 22.4. The summed E-state index contributed by atoms with van der Waals surface area (Å²) in [6, 6.07) is 19.1. The maximum absolute atomic E-state index is 13.7. The number of aliphatic hydroxyl groups excluding tert-OH is 1. The second-order valence-electron chi connectivity index (χ2n) is 8.46. The second-order valence-corrected chi connectivity index (χ2v) is 8.46. The number of aryl methyl sites for hydroxylation is 1. The van der Waals surface area contributed by atoms with E-state index in [2.05, 4.69) is 0 Å². The Kier molecular flexibility index (Phi) is 5.61. The highest BCUT2D eigenvalue weighted by Gasteiger charge is 2.44. The number of ether oxygens (including phenoxy) is 1. The highest BCUT2D eigenvalue weighted by atomic mass is 19.1. The summed E-state index contributed by atoms with van der Waals surface area (Å²) in [7, 11) is 1.50. The van der Waals surface area contributed by atoms with Crippen LogP contribution in [-0.4, -0.2) is 28.8 Å². The Morgan fingerprint density at radius 2 is 1.83 bits per heavy atom. The largest absolute Gasteiger partial charge is 0.503 e. The number of methoxy groups -OCH3 is 1. The number of rotatable bonds is 6. The van der Waals surface area contributed by atoms with Gasteiger partial charge in [-0.05, 0) is 42.3 Å². The number of fused-ring (bicyclic) bond motifs is 1. The Balaban J connectivity index is 1.60. The maximum Gasteiger partial charge on any atom is 0.290 e. The number of carbonyl (C=O) groups is 2. The van der Waals surface area contributed by atoms with Crippen molar-refractivity contribution in [3.05, 3.63) is 112 Å². The number of furan rings is 1. The lowest BCUT2D eigenvalue weighted by Gasteiger charge is -2.27. The highest BCUT2D eigenvalue weighted by molar-refractivity contribution is 6.16. The van der Waals surface area contributed by atoms with E-state index in [0.717, 1.165) is 5.56 Å². The van der Waals surface area contributed by atoms with E-state index in [4.69, 9.17) is 9.15 Å². The number of hydrogen-bond donors (Lipinski definition) is 1. The molecule has 0 spiro atoms. The van der Waals surface area contributed by atoms with E-state index in [1.165, 1.54) is 24.1 Å². The zero-order valence-electron chi connectivity index (χ0n) is 19.1. The number of benzene rings is 3. The molecule has 6 nitrogen and oxygen atoms in total. The van der Waals surface area contributed by atoms with E-state index in [0.29, 0.717) is 27.8 Å². The van der Waals surface area contributed by atoms with Crippen LogP contribution in [0.5, 0.6) is 5.75 Å². The minimum absolute atomic E-state index is 0.0138. The third-order valence-electron chi connectivity index (χ3n) is 6.12. The fourth-order valence-electron chi connectivity index (χ4n) is 4.46. The first-order valence-electron chi connectivity index (χ1n) is 11.0. The van der Waals surface area contributed by atoms with Gasteiger partial charge in [-0.2, -0.15) is 0 Å². The molecule has 1 aliphatic rings. The van der Waals surface area contributed by atoms with Gasteiger partial charge in [-0.15, -0.1) is 0 Å². The van der Waals surface area contributed by atoms with Gasteiger partial charge in [0.05, 0.1) is 18.7 Å². The summed E-state index contributed by atoms with van der Waals surface area (Å²) in [4.78, 5) is 28.3. The van der Waals surface area contributed by atoms with Gasteiger partial charge < -0.3 is 19.2 Å². The summed E-state index contributed by atoms with van der Waals surface area (Å²) in [5, 5.41) is 11.6. The van der Waals surface area contributed by atoms with Crippen LogP contribution in [0.3, 0.4) is 0 Å². The third kappa shape index (κ3) is 3.95. The molecule has 1 aromatic heterocycles. The molecule has 4 aromatic rings. The van der Waals surface area contributed by atoms with Crippen molar-refractivity contribution in [3.8, 4) is 5.75 Å². The zero-order chi connectivity index (χ0) is 24.7. The van der Waals surface area contributed by atoms with E-state index in [1.54, 1.807) is 42.5 Å². The van der Waals surface area contributed by atoms with Gasteiger partial charge in [0.2, 0.25) is 5.78 Å². The van der Waals surface area contributed by atoms with Crippen LogP contribution in [0.4, 0.5) is 4.39 Å². The molecule has 0 saturated carbocycles. The molecule has 1 N–H and O–H groups in total. The predicted molar refractivity (Wildman–Crippen MR) is 128 cm³/mol. The second kappa shape index (κ2) is 8.76. The molecule has 0 radical (unpaired) electrons. The molecule has 1 unspecified atom stereocenters. The molecule has 1 amide bonds. The highest BCUT2D eigenvalue weighted by Crippen LogP contribution is 2.41. The van der Waals surface area contributed by atoms with Gasteiger partial charge in [0.25, 0.3) is 5.91 Å². The van der Waals surface area contributed by atoms with Crippen LogP contribution < -0.4 is 4.74 Å². The summed E-state index contributed by atoms with van der Waals surface area (Å²) < 4.78 is 24.6. The molecule has 35 heavy (non-hydrogen) atoms. The van der Waals surface area contributed by atoms with Crippen molar-refractivity contribution in [1.29, 1.82) is 0 Å². The van der Waals surface area contributed by atoms with Crippen molar-refractivity contribution >= 4 is 22.7 Å². The van der Waals surface area contributed by atoms with Crippen LogP contribution in [0.1, 0.15) is 33.3 Å². The quantitative estimate of drug-likeness (QED) is 0.367. The van der Waals surface area contributed by atoms with Crippen LogP contribution in [0, 0.1) is 12.7 Å². The first-order chi connectivity index (χ1) is 16.9. The summed E-state index contributed by atoms with van der Waals surface area (Å²) in [5.74, 6) is -1.85. The normalized spacial score (nSPS) is 15.8. The minimum Gasteiger partial charge on any atom is -0.503 e. The Labute approximate surface area is 200 Å². The Morgan fingerprint density at radius 3 is 2.54 bits per heavy atom. The Bertz CT molecular complexity index is 1490. The van der Waals surface area contributed by atoms with E-state index in [1.807, 2.05) is 25.1 Å². The van der Waals surface area contributed by atoms with Crippen LogP contribution in [0.15, 0.2) is 88.5 Å². The van der Waals surface area contributed by atoms with E-state index < -0.39 is 29.3 Å². The standard InChI is InChI=1S/C28H22FNO5/c1-16-5-3-6-18(13-16)24-23(25(31)22-14-19-7-4-8-21(34-2)27(19)35-22)26(32)28(33)30(24)15-17-9-11-20(29)12-10-17/h3-14,24,32H,15H2,1-2H3. The molecule has 176 valence electrons. The van der Waals surface area contributed by atoms with E-state index in [-0.39, 0.29) is 17.9 Å². The fourth-order valence-corrected chi connectivity index (χ4v) is 4.46. The van der Waals surface area contributed by atoms with Crippen molar-refractivity contribution in [3.63, 3.8) is 0 Å². The van der Waals surface area contributed by atoms with Gasteiger partial charge in [-0.3, -0.25) is 9.59 Å². The molecule has 0 bridgehead atoms. The fraction of sp³-hybridized carbons (Fsp3) is 0.143. The topological polar surface area (TPSA) is 80.0 Å². The predicted octanol–water partition coefficient (Wildman–Crippen LogP) is 5.67. The lowest BCUT2D eigenvalue weighted by atomic mass is 9.94. The molecule has 0 fully saturated rings. The number of carbonyl (C=O) groups excluding carboxylic acids is 2. The van der Waals surface area contributed by atoms with Gasteiger partial charge in [-0.25, -0.2) is 4.39 Å². The number of para-hydroxylation sites is 1. The first-order valence-corrected chi connectivity index (χ1v) is 11.0. The van der Waals surface area contributed by atoms with Crippen molar-refractivity contribution in [2.75, 3.05) is 7.11 Å². The molecule has 3 aromatic carbocycles. The van der Waals surface area contributed by atoms with Crippen molar-refractivity contribution in [1.82, 2.24) is 4.90 Å². The van der Waals surface area contributed by atoms with Crippen LogP contribution in [0.2, 0.25) is 0 Å². The lowest BCUT2D eigenvalue weighted by Crippen LogP contribution is -2.30. The molecule has 2 heterocycles. The smallest absolute Gasteiger partial charge is 0.290 e. The molecule has 7 heteroatoms. The number of Topliss-reactive ketones (excluding diaryl/α,β-unsaturated/α-hetero) is 1. The number of aliphatic hydroxyl groups is 1. The molecule has 1 aliphatic heterocycles. The number of halogens is 1. The molecular formula is C28H22FNO5. The maximum atomic E-state index is 13.7. The SMILES string of the molecule is COc1cccc2cc(C(=O)C3=C(O)C(=O)N(Cc4ccc(F)cc4)C3c3cccc(C)c3)oc12. The van der Waals surface area contributed by atoms with Crippen molar-refractivity contribution in [2.45, 2.75) is 19.5 Å². The average molecular weight is 471 g/mol. The third-order valence-corrected chi connectivity index (χ3v) is 6.12. The summed E-state index contributed by atoms with van der Waals surface area (Å²) in [6.07, 6.45) is 0. The number of nitrogens with zero attached hydrogens (tertiary/aromatic N) is 1. The van der Waals surface area contributed by atoms with Gasteiger partial charge >= 0.3 is 0 Å². The average Bonchev–Trinajstić information content (AvgIpc) is 3.40. The van der Waals surface area contributed by atoms with E-state index >= 15 is 0 Å². The summed E-state index contributed by atoms with van der Waals surface area (Å²) in [6.45, 7) is 1.98. The number of ketones is 1. The van der Waals surface area contributed by atoms with Gasteiger partial charge in [-0.1, -0.05) is 54.1 Å². The van der Waals surface area contributed by atoms with Crippen LogP contribution in [0.25, 0.3) is 11.0 Å². The van der Waals surface area contributed by atoms with Gasteiger partial charge in [0.1, 0.15) is 5.82 Å². The van der Waals surface area contributed by atoms with Crippen LogP contribution in [-0.2, 0) is 11.3 Å². The molecule has 0 aliphatic carbocycles. The van der Waals surface area contributed by atoms with Crippen molar-refractivity contribution < 1.29 is 28.2 Å². The monoisotopic (exact) mass is 471 g/mol. The van der Waals surface area contributed by atoms with Gasteiger partial charge in [0.15, 0.2) is 22.9 Å². The number of hydrogen-bond acceptors (Lipinski definition) is 5. The lowest BCUT2D eigenvalue weighted by molar-refractivity contribution is -0.130. The Hall–Kier alpha value is -4.39. The zero-order valence-corrected chi connectivity index (χ0v) is 19.1. The van der Waals surface area contributed by atoms with Gasteiger partial charge in [0, 0.05) is 11.9 Å². The Morgan fingerprint density at radius 1 is 1.09 bits per heavy atom. The van der Waals surface area contributed by atoms with E-state index in [9.17, 15) is 19.1 Å². The molecule has 1 atom stereocenters. The van der Waals surface area contributed by atoms with Crippen molar-refractivity contribution in [2.24, 2.45) is 0 Å². The molecular weight excluding hydrogens is 449 g/mol. The number of amides is 1.